The molecule has 0 spiro atoms. The van der Waals surface area contributed by atoms with Gasteiger partial charge >= 0.3 is 0 Å². The summed E-state index contributed by atoms with van der Waals surface area (Å²) >= 11 is 3.22. The van der Waals surface area contributed by atoms with Crippen molar-refractivity contribution in [2.24, 2.45) is 0 Å². The van der Waals surface area contributed by atoms with Gasteiger partial charge in [-0.3, -0.25) is 4.79 Å². The summed E-state index contributed by atoms with van der Waals surface area (Å²) in [7, 11) is 1.62. The molecular formula is C15H14BrNO3. The zero-order valence-corrected chi connectivity index (χ0v) is 12.6. The molecule has 0 saturated heterocycles. The van der Waals surface area contributed by atoms with E-state index in [1.54, 1.807) is 24.1 Å². The van der Waals surface area contributed by atoms with E-state index in [2.05, 4.69) is 15.9 Å². The van der Waals surface area contributed by atoms with Crippen LogP contribution in [0.4, 0.5) is 5.69 Å². The molecule has 5 heteroatoms. The van der Waals surface area contributed by atoms with Crippen LogP contribution in [-0.4, -0.2) is 19.6 Å². The van der Waals surface area contributed by atoms with E-state index >= 15 is 0 Å². The molecule has 0 N–H and O–H groups in total. The quantitative estimate of drug-likeness (QED) is 0.841. The summed E-state index contributed by atoms with van der Waals surface area (Å²) in [6.07, 6.45) is 1.89. The van der Waals surface area contributed by atoms with Gasteiger partial charge < -0.3 is 14.1 Å². The maximum absolute atomic E-state index is 12.6. The number of carbonyl (C=O) groups is 1. The van der Waals surface area contributed by atoms with Crippen molar-refractivity contribution in [3.63, 3.8) is 0 Å². The smallest absolute Gasteiger partial charge is 0.294 e. The SMILES string of the molecule is COc1cccc2c1N(C(=O)c1ccc(Br)o1)CCC2. The van der Waals surface area contributed by atoms with E-state index in [4.69, 9.17) is 9.15 Å². The van der Waals surface area contributed by atoms with Crippen molar-refractivity contribution >= 4 is 27.5 Å². The third kappa shape index (κ3) is 2.22. The van der Waals surface area contributed by atoms with Gasteiger partial charge in [-0.15, -0.1) is 0 Å². The number of methoxy groups -OCH3 is 1. The van der Waals surface area contributed by atoms with Gasteiger partial charge in [0.1, 0.15) is 5.75 Å². The molecule has 0 saturated carbocycles. The second-order valence-corrected chi connectivity index (χ2v) is 5.41. The molecule has 0 radical (unpaired) electrons. The fraction of sp³-hybridized carbons (Fsp3) is 0.267. The number of nitrogens with zero attached hydrogens (tertiary/aromatic N) is 1. The molecule has 0 atom stereocenters. The third-order valence-corrected chi connectivity index (χ3v) is 3.86. The van der Waals surface area contributed by atoms with E-state index in [-0.39, 0.29) is 5.91 Å². The number of hydrogen-bond donors (Lipinski definition) is 0. The first-order chi connectivity index (χ1) is 9.70. The van der Waals surface area contributed by atoms with E-state index < -0.39 is 0 Å². The number of carbonyl (C=O) groups excluding carboxylic acids is 1. The normalized spacial score (nSPS) is 14.0. The highest BCUT2D eigenvalue weighted by molar-refractivity contribution is 9.10. The van der Waals surface area contributed by atoms with Crippen LogP contribution in [0.5, 0.6) is 5.75 Å². The summed E-state index contributed by atoms with van der Waals surface area (Å²) in [5, 5.41) is 0. The van der Waals surface area contributed by atoms with Gasteiger partial charge in [-0.25, -0.2) is 0 Å². The molecule has 1 aromatic heterocycles. The second kappa shape index (κ2) is 5.32. The molecule has 0 fully saturated rings. The van der Waals surface area contributed by atoms with Crippen molar-refractivity contribution in [3.8, 4) is 5.75 Å². The summed E-state index contributed by atoms with van der Waals surface area (Å²) in [4.78, 5) is 14.3. The van der Waals surface area contributed by atoms with Crippen molar-refractivity contribution < 1.29 is 13.9 Å². The zero-order chi connectivity index (χ0) is 14.1. The van der Waals surface area contributed by atoms with Crippen LogP contribution in [0.2, 0.25) is 0 Å². The molecule has 2 aromatic rings. The molecule has 0 bridgehead atoms. The molecule has 1 amide bonds. The van der Waals surface area contributed by atoms with E-state index in [0.29, 0.717) is 17.0 Å². The number of para-hydroxylation sites is 1. The molecule has 2 heterocycles. The molecule has 1 aliphatic heterocycles. The molecule has 104 valence electrons. The highest BCUT2D eigenvalue weighted by atomic mass is 79.9. The lowest BCUT2D eigenvalue weighted by atomic mass is 10.0. The van der Waals surface area contributed by atoms with Gasteiger partial charge in [0.25, 0.3) is 5.91 Å². The largest absolute Gasteiger partial charge is 0.495 e. The highest BCUT2D eigenvalue weighted by Gasteiger charge is 2.28. The highest BCUT2D eigenvalue weighted by Crippen LogP contribution is 2.37. The Balaban J connectivity index is 2.03. The summed E-state index contributed by atoms with van der Waals surface area (Å²) in [5.41, 5.74) is 1.99. The second-order valence-electron chi connectivity index (χ2n) is 4.63. The average Bonchev–Trinajstić information content (AvgIpc) is 2.91. The maximum Gasteiger partial charge on any atom is 0.294 e. The number of furan rings is 1. The van der Waals surface area contributed by atoms with Crippen molar-refractivity contribution in [1.29, 1.82) is 0 Å². The Hall–Kier alpha value is -1.75. The summed E-state index contributed by atoms with van der Waals surface area (Å²) in [6.45, 7) is 0.671. The molecule has 0 aliphatic carbocycles. The number of amides is 1. The van der Waals surface area contributed by atoms with Gasteiger partial charge in [0.2, 0.25) is 0 Å². The number of ether oxygens (including phenoxy) is 1. The lowest BCUT2D eigenvalue weighted by molar-refractivity contribution is 0.0956. The van der Waals surface area contributed by atoms with Gasteiger partial charge in [0.05, 0.1) is 12.8 Å². The predicted molar refractivity (Wildman–Crippen MR) is 79.4 cm³/mol. The van der Waals surface area contributed by atoms with E-state index in [0.717, 1.165) is 29.8 Å². The molecule has 0 unspecified atom stereocenters. The number of anilines is 1. The molecule has 3 rings (SSSR count). The van der Waals surface area contributed by atoms with E-state index in [1.165, 1.54) is 0 Å². The predicted octanol–water partition coefficient (Wildman–Crippen LogP) is 3.64. The molecule has 20 heavy (non-hydrogen) atoms. The Bertz CT molecular complexity index is 636. The Morgan fingerprint density at radius 2 is 2.20 bits per heavy atom. The minimum Gasteiger partial charge on any atom is -0.495 e. The average molecular weight is 336 g/mol. The molecule has 1 aromatic carbocycles. The first-order valence-corrected chi connectivity index (χ1v) is 7.23. The maximum atomic E-state index is 12.6. The number of halogens is 1. The van der Waals surface area contributed by atoms with Crippen LogP contribution in [0.25, 0.3) is 0 Å². The lowest BCUT2D eigenvalue weighted by Gasteiger charge is -2.30. The lowest BCUT2D eigenvalue weighted by Crippen LogP contribution is -2.35. The molecule has 1 aliphatic rings. The van der Waals surface area contributed by atoms with Crippen LogP contribution < -0.4 is 9.64 Å². The van der Waals surface area contributed by atoms with Crippen molar-refractivity contribution in [1.82, 2.24) is 0 Å². The van der Waals surface area contributed by atoms with Crippen LogP contribution in [0.1, 0.15) is 22.5 Å². The van der Waals surface area contributed by atoms with Crippen molar-refractivity contribution in [2.45, 2.75) is 12.8 Å². The number of fused-ring (bicyclic) bond motifs is 1. The van der Waals surface area contributed by atoms with E-state index in [9.17, 15) is 4.79 Å². The Labute approximate surface area is 125 Å². The number of benzene rings is 1. The first kappa shape index (κ1) is 13.2. The van der Waals surface area contributed by atoms with Gasteiger partial charge in [0, 0.05) is 6.54 Å². The fourth-order valence-corrected chi connectivity index (χ4v) is 2.85. The van der Waals surface area contributed by atoms with Crippen LogP contribution in [0.3, 0.4) is 0 Å². The summed E-state index contributed by atoms with van der Waals surface area (Å²) < 4.78 is 11.3. The topological polar surface area (TPSA) is 42.7 Å². The van der Waals surface area contributed by atoms with Gasteiger partial charge in [-0.1, -0.05) is 12.1 Å². The molecular weight excluding hydrogens is 322 g/mol. The van der Waals surface area contributed by atoms with Gasteiger partial charge in [-0.05, 0) is 52.5 Å². The summed E-state index contributed by atoms with van der Waals surface area (Å²) in [5.74, 6) is 0.915. The Morgan fingerprint density at radius 3 is 2.90 bits per heavy atom. The van der Waals surface area contributed by atoms with E-state index in [1.807, 2.05) is 18.2 Å². The van der Waals surface area contributed by atoms with Crippen LogP contribution in [-0.2, 0) is 6.42 Å². The molecule has 4 nitrogen and oxygen atoms in total. The Kier molecular flexibility index (Phi) is 3.53. The van der Waals surface area contributed by atoms with Crippen LogP contribution in [0, 0.1) is 0 Å². The number of aryl methyl sites for hydroxylation is 1. The zero-order valence-electron chi connectivity index (χ0n) is 11.1. The van der Waals surface area contributed by atoms with Gasteiger partial charge in [-0.2, -0.15) is 0 Å². The summed E-state index contributed by atoms with van der Waals surface area (Å²) in [6, 6.07) is 9.27. The van der Waals surface area contributed by atoms with Crippen molar-refractivity contribution in [3.05, 3.63) is 46.3 Å². The Morgan fingerprint density at radius 1 is 1.35 bits per heavy atom. The van der Waals surface area contributed by atoms with Gasteiger partial charge in [0.15, 0.2) is 10.4 Å². The third-order valence-electron chi connectivity index (χ3n) is 3.43. The monoisotopic (exact) mass is 335 g/mol. The van der Waals surface area contributed by atoms with Crippen molar-refractivity contribution in [2.75, 3.05) is 18.6 Å². The van der Waals surface area contributed by atoms with Crippen LogP contribution in [0.15, 0.2) is 39.4 Å². The fourth-order valence-electron chi connectivity index (χ4n) is 2.55. The number of rotatable bonds is 2. The van der Waals surface area contributed by atoms with Crippen LogP contribution >= 0.6 is 15.9 Å². The minimum absolute atomic E-state index is 0.138. The first-order valence-electron chi connectivity index (χ1n) is 6.44. The standard InChI is InChI=1S/C15H14BrNO3/c1-19-11-6-2-4-10-5-3-9-17(14(10)11)15(18)12-7-8-13(16)20-12/h2,4,6-8H,3,5,9H2,1H3. The number of hydrogen-bond acceptors (Lipinski definition) is 3. The minimum atomic E-state index is -0.138.